The number of carbonyl (C=O) groups is 1. The molecular formula is C14H23Cl2N3O. The zero-order valence-electron chi connectivity index (χ0n) is 12.0. The van der Waals surface area contributed by atoms with Gasteiger partial charge in [-0.1, -0.05) is 6.07 Å². The van der Waals surface area contributed by atoms with Gasteiger partial charge >= 0.3 is 0 Å². The number of pyridine rings is 1. The summed E-state index contributed by atoms with van der Waals surface area (Å²) in [5.41, 5.74) is 0.523. The second-order valence-corrected chi connectivity index (χ2v) is 5.20. The van der Waals surface area contributed by atoms with Crippen molar-refractivity contribution in [2.75, 3.05) is 13.6 Å². The SMILES string of the molecule is CN(Cc1ccccn1)C(=O)C1(C)CCCCN1.Cl.Cl. The molecule has 2 rings (SSSR count). The van der Waals surface area contributed by atoms with Gasteiger partial charge in [-0.05, 0) is 44.9 Å². The Morgan fingerprint density at radius 1 is 1.40 bits per heavy atom. The Bertz CT molecular complexity index is 408. The third-order valence-corrected chi connectivity index (χ3v) is 3.56. The van der Waals surface area contributed by atoms with Crippen molar-refractivity contribution in [2.45, 2.75) is 38.3 Å². The molecule has 1 aliphatic heterocycles. The van der Waals surface area contributed by atoms with Crippen molar-refractivity contribution in [1.29, 1.82) is 0 Å². The van der Waals surface area contributed by atoms with Crippen LogP contribution in [0.25, 0.3) is 0 Å². The molecule has 1 fully saturated rings. The summed E-state index contributed by atoms with van der Waals surface area (Å²) < 4.78 is 0. The normalized spacial score (nSPS) is 21.3. The standard InChI is InChI=1S/C14H21N3O.2ClH/c1-14(8-4-6-10-16-14)13(18)17(2)11-12-7-3-5-9-15-12;;/h3,5,7,9,16H,4,6,8,10-11H2,1-2H3;2*1H. The van der Waals surface area contributed by atoms with Crippen LogP contribution in [0.1, 0.15) is 31.9 Å². The zero-order valence-corrected chi connectivity index (χ0v) is 13.6. The smallest absolute Gasteiger partial charge is 0.242 e. The average Bonchev–Trinajstić information content (AvgIpc) is 2.40. The van der Waals surface area contributed by atoms with Crippen molar-refractivity contribution in [3.05, 3.63) is 30.1 Å². The van der Waals surface area contributed by atoms with Crippen molar-refractivity contribution in [2.24, 2.45) is 0 Å². The number of halogens is 2. The first kappa shape index (κ1) is 19.2. The van der Waals surface area contributed by atoms with Crippen molar-refractivity contribution in [3.8, 4) is 0 Å². The van der Waals surface area contributed by atoms with Gasteiger partial charge in [0.2, 0.25) is 5.91 Å². The lowest BCUT2D eigenvalue weighted by Gasteiger charge is -2.36. The van der Waals surface area contributed by atoms with Crippen LogP contribution in [0.5, 0.6) is 0 Å². The van der Waals surface area contributed by atoms with Gasteiger partial charge in [-0.2, -0.15) is 0 Å². The molecule has 0 spiro atoms. The number of likely N-dealkylation sites (N-methyl/N-ethyl adjacent to an activating group) is 1. The van der Waals surface area contributed by atoms with Gasteiger partial charge in [0.05, 0.1) is 17.8 Å². The molecule has 0 bridgehead atoms. The number of hydrogen-bond donors (Lipinski definition) is 1. The highest BCUT2D eigenvalue weighted by molar-refractivity contribution is 5.86. The number of hydrogen-bond acceptors (Lipinski definition) is 3. The van der Waals surface area contributed by atoms with E-state index in [9.17, 15) is 4.79 Å². The summed E-state index contributed by atoms with van der Waals surface area (Å²) in [6.45, 7) is 3.50. The summed E-state index contributed by atoms with van der Waals surface area (Å²) in [6.07, 6.45) is 4.95. The Labute approximate surface area is 133 Å². The van der Waals surface area contributed by atoms with E-state index in [-0.39, 0.29) is 30.7 Å². The highest BCUT2D eigenvalue weighted by atomic mass is 35.5. The predicted octanol–water partition coefficient (Wildman–Crippen LogP) is 2.42. The fraction of sp³-hybridized carbons (Fsp3) is 0.571. The van der Waals surface area contributed by atoms with E-state index in [1.54, 1.807) is 11.1 Å². The van der Waals surface area contributed by atoms with E-state index < -0.39 is 5.54 Å². The van der Waals surface area contributed by atoms with Crippen molar-refractivity contribution >= 4 is 30.7 Å². The number of piperidine rings is 1. The van der Waals surface area contributed by atoms with Crippen molar-refractivity contribution in [3.63, 3.8) is 0 Å². The summed E-state index contributed by atoms with van der Waals surface area (Å²) in [5.74, 6) is 0.160. The van der Waals surface area contributed by atoms with E-state index in [1.807, 2.05) is 32.2 Å². The molecular weight excluding hydrogens is 297 g/mol. The third kappa shape index (κ3) is 4.62. The van der Waals surface area contributed by atoms with Crippen LogP contribution in [0, 0.1) is 0 Å². The van der Waals surface area contributed by atoms with E-state index in [1.165, 1.54) is 0 Å². The second-order valence-electron chi connectivity index (χ2n) is 5.20. The summed E-state index contributed by atoms with van der Waals surface area (Å²) in [7, 11) is 1.85. The third-order valence-electron chi connectivity index (χ3n) is 3.56. The van der Waals surface area contributed by atoms with Gasteiger partial charge in [0, 0.05) is 13.2 Å². The molecule has 1 saturated heterocycles. The number of aromatic nitrogens is 1. The molecule has 1 N–H and O–H groups in total. The molecule has 0 saturated carbocycles. The van der Waals surface area contributed by atoms with Crippen LogP contribution in [0.4, 0.5) is 0 Å². The van der Waals surface area contributed by atoms with Crippen LogP contribution >= 0.6 is 24.8 Å². The first-order chi connectivity index (χ1) is 8.62. The molecule has 0 radical (unpaired) electrons. The predicted molar refractivity (Wildman–Crippen MR) is 85.5 cm³/mol. The number of rotatable bonds is 3. The quantitative estimate of drug-likeness (QED) is 0.930. The summed E-state index contributed by atoms with van der Waals surface area (Å²) in [5, 5.41) is 3.35. The molecule has 20 heavy (non-hydrogen) atoms. The van der Waals surface area contributed by atoms with Gasteiger partial charge in [-0.3, -0.25) is 9.78 Å². The molecule has 2 heterocycles. The monoisotopic (exact) mass is 319 g/mol. The van der Waals surface area contributed by atoms with Crippen LogP contribution in [-0.4, -0.2) is 34.9 Å². The first-order valence-corrected chi connectivity index (χ1v) is 6.52. The maximum absolute atomic E-state index is 12.5. The Balaban J connectivity index is 0.00000180. The van der Waals surface area contributed by atoms with Gasteiger partial charge in [-0.25, -0.2) is 0 Å². The van der Waals surface area contributed by atoms with E-state index in [2.05, 4.69) is 10.3 Å². The van der Waals surface area contributed by atoms with Crippen molar-refractivity contribution < 1.29 is 4.79 Å². The lowest BCUT2D eigenvalue weighted by molar-refractivity contribution is -0.138. The number of amides is 1. The van der Waals surface area contributed by atoms with Crippen molar-refractivity contribution in [1.82, 2.24) is 15.2 Å². The van der Waals surface area contributed by atoms with Gasteiger partial charge in [0.25, 0.3) is 0 Å². The molecule has 1 amide bonds. The molecule has 1 aromatic heterocycles. The minimum Gasteiger partial charge on any atom is -0.338 e. The highest BCUT2D eigenvalue weighted by Crippen LogP contribution is 2.21. The lowest BCUT2D eigenvalue weighted by atomic mass is 9.89. The Morgan fingerprint density at radius 2 is 2.15 bits per heavy atom. The van der Waals surface area contributed by atoms with Crippen LogP contribution in [0.3, 0.4) is 0 Å². The minimum absolute atomic E-state index is 0. The molecule has 1 unspecified atom stereocenters. The fourth-order valence-electron chi connectivity index (χ4n) is 2.47. The topological polar surface area (TPSA) is 45.2 Å². The van der Waals surface area contributed by atoms with Gasteiger partial charge < -0.3 is 10.2 Å². The van der Waals surface area contributed by atoms with Gasteiger partial charge in [0.1, 0.15) is 0 Å². The summed E-state index contributed by atoms with van der Waals surface area (Å²) >= 11 is 0. The van der Waals surface area contributed by atoms with E-state index >= 15 is 0 Å². The number of carbonyl (C=O) groups excluding carboxylic acids is 1. The first-order valence-electron chi connectivity index (χ1n) is 6.52. The van der Waals surface area contributed by atoms with Crippen LogP contribution < -0.4 is 5.32 Å². The van der Waals surface area contributed by atoms with Crippen LogP contribution in [0.2, 0.25) is 0 Å². The Hall–Kier alpha value is -0.840. The van der Waals surface area contributed by atoms with Gasteiger partial charge in [-0.15, -0.1) is 24.8 Å². The molecule has 6 heteroatoms. The Morgan fingerprint density at radius 3 is 2.70 bits per heavy atom. The second kappa shape index (κ2) is 8.45. The molecule has 0 aliphatic carbocycles. The average molecular weight is 320 g/mol. The maximum Gasteiger partial charge on any atom is 0.242 e. The van der Waals surface area contributed by atoms with Crippen LogP contribution in [-0.2, 0) is 11.3 Å². The molecule has 4 nitrogen and oxygen atoms in total. The maximum atomic E-state index is 12.5. The number of nitrogens with one attached hydrogen (secondary N) is 1. The molecule has 1 aromatic rings. The van der Waals surface area contributed by atoms with E-state index in [0.29, 0.717) is 6.54 Å². The Kier molecular flexibility index (Phi) is 8.09. The molecule has 114 valence electrons. The molecule has 1 atom stereocenters. The molecule has 0 aromatic carbocycles. The number of nitrogens with zero attached hydrogens (tertiary/aromatic N) is 2. The van der Waals surface area contributed by atoms with Gasteiger partial charge in [0.15, 0.2) is 0 Å². The highest BCUT2D eigenvalue weighted by Gasteiger charge is 2.36. The zero-order chi connectivity index (χ0) is 13.0. The minimum atomic E-state index is -0.401. The van der Waals surface area contributed by atoms with Crippen LogP contribution in [0.15, 0.2) is 24.4 Å². The fourth-order valence-corrected chi connectivity index (χ4v) is 2.47. The lowest BCUT2D eigenvalue weighted by Crippen LogP contribution is -2.57. The largest absolute Gasteiger partial charge is 0.338 e. The van der Waals surface area contributed by atoms with E-state index in [4.69, 9.17) is 0 Å². The summed E-state index contributed by atoms with van der Waals surface area (Å²) in [4.78, 5) is 18.5. The molecule has 1 aliphatic rings. The summed E-state index contributed by atoms with van der Waals surface area (Å²) in [6, 6.07) is 5.77. The van der Waals surface area contributed by atoms with E-state index in [0.717, 1.165) is 31.5 Å².